The van der Waals surface area contributed by atoms with Crippen molar-refractivity contribution in [3.05, 3.63) is 42.1 Å². The lowest BCUT2D eigenvalue weighted by Gasteiger charge is -2.13. The van der Waals surface area contributed by atoms with Gasteiger partial charge in [-0.25, -0.2) is 0 Å². The van der Waals surface area contributed by atoms with Gasteiger partial charge in [-0.2, -0.15) is 0 Å². The summed E-state index contributed by atoms with van der Waals surface area (Å²) in [5.41, 5.74) is 6.28. The highest BCUT2D eigenvalue weighted by Gasteiger charge is 2.09. The van der Waals surface area contributed by atoms with Crippen LogP contribution in [0.1, 0.15) is 30.8 Å². The molecule has 2 rings (SSSR count). The highest BCUT2D eigenvalue weighted by atomic mass is 16.5. The first-order valence-electron chi connectivity index (χ1n) is 6.75. The van der Waals surface area contributed by atoms with Crippen molar-refractivity contribution in [2.45, 2.75) is 26.4 Å². The van der Waals surface area contributed by atoms with E-state index in [1.807, 2.05) is 19.1 Å². The lowest BCUT2D eigenvalue weighted by molar-refractivity contribution is 0.102. The smallest absolute Gasteiger partial charge is 0.276 e. The Bertz CT molecular complexity index is 613. The molecule has 1 amide bonds. The Morgan fingerprint density at radius 2 is 2.14 bits per heavy atom. The lowest BCUT2D eigenvalue weighted by atomic mass is 10.2. The maximum atomic E-state index is 12.0. The molecule has 0 bridgehead atoms. The number of amides is 1. The molecule has 1 unspecified atom stereocenters. The molecule has 0 aliphatic carbocycles. The van der Waals surface area contributed by atoms with Crippen LogP contribution in [0.25, 0.3) is 0 Å². The molecule has 0 radical (unpaired) electrons. The second-order valence-electron chi connectivity index (χ2n) is 4.66. The number of nitrogens with zero attached hydrogens (tertiary/aromatic N) is 2. The van der Waals surface area contributed by atoms with Crippen molar-refractivity contribution in [1.29, 1.82) is 0 Å². The van der Waals surface area contributed by atoms with E-state index < -0.39 is 0 Å². The molecule has 0 saturated carbocycles. The second kappa shape index (κ2) is 6.69. The van der Waals surface area contributed by atoms with Gasteiger partial charge in [0.2, 0.25) is 0 Å². The number of benzene rings is 1. The highest BCUT2D eigenvalue weighted by molar-refractivity contribution is 6.02. The minimum absolute atomic E-state index is 0.124. The Morgan fingerprint density at radius 3 is 2.81 bits per heavy atom. The van der Waals surface area contributed by atoms with Crippen LogP contribution in [0, 0.1) is 0 Å². The number of ether oxygens (including phenoxy) is 1. The molecule has 1 aromatic carbocycles. The van der Waals surface area contributed by atoms with Crippen molar-refractivity contribution in [2.75, 3.05) is 11.1 Å². The molecule has 0 aliphatic rings. The van der Waals surface area contributed by atoms with Crippen LogP contribution in [0.15, 0.2) is 36.4 Å². The fourth-order valence-electron chi connectivity index (χ4n) is 1.62. The highest BCUT2D eigenvalue weighted by Crippen LogP contribution is 2.19. The van der Waals surface area contributed by atoms with Crippen molar-refractivity contribution >= 4 is 17.4 Å². The van der Waals surface area contributed by atoms with Gasteiger partial charge in [-0.3, -0.25) is 4.79 Å². The third-order valence-electron chi connectivity index (χ3n) is 2.92. The van der Waals surface area contributed by atoms with Crippen LogP contribution in [-0.2, 0) is 0 Å². The summed E-state index contributed by atoms with van der Waals surface area (Å²) in [4.78, 5) is 12.0. The number of nitrogens with two attached hydrogens (primary N) is 1. The van der Waals surface area contributed by atoms with Crippen LogP contribution in [0.5, 0.6) is 5.75 Å². The second-order valence-corrected chi connectivity index (χ2v) is 4.66. The minimum atomic E-state index is -0.344. The summed E-state index contributed by atoms with van der Waals surface area (Å²) in [7, 11) is 0. The largest absolute Gasteiger partial charge is 0.491 e. The average Bonchev–Trinajstić information content (AvgIpc) is 2.48. The Balaban J connectivity index is 2.07. The molecule has 1 aromatic heterocycles. The predicted octanol–water partition coefficient (Wildman–Crippen LogP) is 2.49. The zero-order valence-electron chi connectivity index (χ0n) is 12.0. The van der Waals surface area contributed by atoms with E-state index in [1.165, 1.54) is 12.1 Å². The predicted molar refractivity (Wildman–Crippen MR) is 81.2 cm³/mol. The number of rotatable bonds is 5. The van der Waals surface area contributed by atoms with Crippen LogP contribution < -0.4 is 15.8 Å². The number of nitrogens with one attached hydrogen (secondary N) is 1. The Morgan fingerprint density at radius 1 is 1.33 bits per heavy atom. The number of aromatic nitrogens is 2. The summed E-state index contributed by atoms with van der Waals surface area (Å²) in [6.07, 6.45) is 1.04. The zero-order valence-corrected chi connectivity index (χ0v) is 12.0. The van der Waals surface area contributed by atoms with E-state index >= 15 is 0 Å². The normalized spacial score (nSPS) is 11.7. The van der Waals surface area contributed by atoms with Gasteiger partial charge in [-0.1, -0.05) is 13.0 Å². The molecular formula is C15H18N4O2. The summed E-state index contributed by atoms with van der Waals surface area (Å²) >= 11 is 0. The van der Waals surface area contributed by atoms with Gasteiger partial charge in [-0.05, 0) is 37.6 Å². The summed E-state index contributed by atoms with van der Waals surface area (Å²) in [6.45, 7) is 4.05. The molecule has 110 valence electrons. The minimum Gasteiger partial charge on any atom is -0.491 e. The molecule has 0 fully saturated rings. The molecule has 2 aromatic rings. The van der Waals surface area contributed by atoms with Crippen LogP contribution in [0.4, 0.5) is 11.5 Å². The SMILES string of the molecule is CCC(C)Oc1cccc(NC(=O)c2ccc(N)nn2)c1. The van der Waals surface area contributed by atoms with Gasteiger partial charge in [0, 0.05) is 11.8 Å². The van der Waals surface area contributed by atoms with E-state index in [0.717, 1.165) is 6.42 Å². The molecule has 21 heavy (non-hydrogen) atoms. The van der Waals surface area contributed by atoms with E-state index in [0.29, 0.717) is 11.4 Å². The number of carbonyl (C=O) groups is 1. The summed E-state index contributed by atoms with van der Waals surface area (Å²) in [5.74, 6) is 0.643. The Kier molecular flexibility index (Phi) is 4.71. The number of anilines is 2. The van der Waals surface area contributed by atoms with E-state index in [1.54, 1.807) is 12.1 Å². The first kappa shape index (κ1) is 14.8. The fraction of sp³-hybridized carbons (Fsp3) is 0.267. The lowest BCUT2D eigenvalue weighted by Crippen LogP contribution is -2.15. The van der Waals surface area contributed by atoms with Crippen LogP contribution >= 0.6 is 0 Å². The summed E-state index contributed by atoms with van der Waals surface area (Å²) < 4.78 is 5.71. The number of nitrogen functional groups attached to an aromatic ring is 1. The molecule has 1 heterocycles. The quantitative estimate of drug-likeness (QED) is 0.881. The monoisotopic (exact) mass is 286 g/mol. The summed E-state index contributed by atoms with van der Waals surface area (Å²) in [6, 6.07) is 10.3. The van der Waals surface area contributed by atoms with E-state index in [2.05, 4.69) is 22.4 Å². The third-order valence-corrected chi connectivity index (χ3v) is 2.92. The van der Waals surface area contributed by atoms with Gasteiger partial charge >= 0.3 is 0 Å². The average molecular weight is 286 g/mol. The molecule has 6 heteroatoms. The molecule has 6 nitrogen and oxygen atoms in total. The van der Waals surface area contributed by atoms with E-state index in [-0.39, 0.29) is 23.5 Å². The molecule has 0 saturated heterocycles. The zero-order chi connectivity index (χ0) is 15.2. The van der Waals surface area contributed by atoms with Crippen molar-refractivity contribution < 1.29 is 9.53 Å². The van der Waals surface area contributed by atoms with Crippen LogP contribution in [0.2, 0.25) is 0 Å². The van der Waals surface area contributed by atoms with Gasteiger partial charge in [-0.15, -0.1) is 10.2 Å². The first-order valence-corrected chi connectivity index (χ1v) is 6.75. The Labute approximate surface area is 123 Å². The van der Waals surface area contributed by atoms with Gasteiger partial charge in [0.15, 0.2) is 5.69 Å². The molecule has 1 atom stereocenters. The van der Waals surface area contributed by atoms with Crippen LogP contribution in [0.3, 0.4) is 0 Å². The maximum Gasteiger partial charge on any atom is 0.276 e. The number of carbonyl (C=O) groups excluding carboxylic acids is 1. The van der Waals surface area contributed by atoms with E-state index in [9.17, 15) is 4.79 Å². The van der Waals surface area contributed by atoms with Crippen molar-refractivity contribution in [1.82, 2.24) is 10.2 Å². The number of hydrogen-bond acceptors (Lipinski definition) is 5. The fourth-order valence-corrected chi connectivity index (χ4v) is 1.62. The third kappa shape index (κ3) is 4.17. The molecular weight excluding hydrogens is 268 g/mol. The summed E-state index contributed by atoms with van der Waals surface area (Å²) in [5, 5.41) is 10.1. The van der Waals surface area contributed by atoms with Crippen molar-refractivity contribution in [3.8, 4) is 5.75 Å². The molecule has 0 aliphatic heterocycles. The maximum absolute atomic E-state index is 12.0. The van der Waals surface area contributed by atoms with Crippen molar-refractivity contribution in [2.24, 2.45) is 0 Å². The first-order chi connectivity index (χ1) is 10.1. The van der Waals surface area contributed by atoms with Gasteiger partial charge in [0.25, 0.3) is 5.91 Å². The molecule has 0 spiro atoms. The van der Waals surface area contributed by atoms with Crippen LogP contribution in [-0.4, -0.2) is 22.2 Å². The van der Waals surface area contributed by atoms with Gasteiger partial charge < -0.3 is 15.8 Å². The molecule has 3 N–H and O–H groups in total. The van der Waals surface area contributed by atoms with E-state index in [4.69, 9.17) is 10.5 Å². The van der Waals surface area contributed by atoms with Gasteiger partial charge in [0.05, 0.1) is 6.10 Å². The van der Waals surface area contributed by atoms with Gasteiger partial charge in [0.1, 0.15) is 11.6 Å². The standard InChI is InChI=1S/C15H18N4O2/c1-3-10(2)21-12-6-4-5-11(9-12)17-15(20)13-7-8-14(16)19-18-13/h4-10H,3H2,1-2H3,(H2,16,19)(H,17,20). The topological polar surface area (TPSA) is 90.1 Å². The van der Waals surface area contributed by atoms with Crippen molar-refractivity contribution in [3.63, 3.8) is 0 Å². The number of hydrogen-bond donors (Lipinski definition) is 2. The Hall–Kier alpha value is -2.63.